The number of thioether (sulfide) groups is 1. The Bertz CT molecular complexity index is 585. The number of carbonyl (C=O) groups is 1. The standard InChI is InChI=1S/C21H29NOS/c1-2-24-9-8-22-19(23)21-13-16-10-17(14-21)12-20(11-16,15-21)18-6-4-3-5-7-18/h3-7,16-17H,2,8-15H2,1H3,(H,22,23). The van der Waals surface area contributed by atoms with Gasteiger partial charge in [-0.15, -0.1) is 0 Å². The summed E-state index contributed by atoms with van der Waals surface area (Å²) in [5.74, 6) is 4.02. The molecule has 130 valence electrons. The number of amides is 1. The molecule has 2 atom stereocenters. The van der Waals surface area contributed by atoms with Crippen LogP contribution >= 0.6 is 11.8 Å². The Labute approximate surface area is 150 Å². The van der Waals surface area contributed by atoms with Gasteiger partial charge in [0.1, 0.15) is 0 Å². The van der Waals surface area contributed by atoms with E-state index in [1.807, 2.05) is 11.8 Å². The van der Waals surface area contributed by atoms with Gasteiger partial charge in [0.15, 0.2) is 0 Å². The molecule has 0 saturated heterocycles. The molecular weight excluding hydrogens is 314 g/mol. The van der Waals surface area contributed by atoms with Gasteiger partial charge in [-0.3, -0.25) is 4.79 Å². The van der Waals surface area contributed by atoms with E-state index in [2.05, 4.69) is 42.6 Å². The topological polar surface area (TPSA) is 29.1 Å². The molecule has 0 radical (unpaired) electrons. The van der Waals surface area contributed by atoms with E-state index < -0.39 is 0 Å². The lowest BCUT2D eigenvalue weighted by molar-refractivity contribution is -0.149. The molecule has 4 aliphatic carbocycles. The van der Waals surface area contributed by atoms with E-state index in [0.29, 0.717) is 5.91 Å². The van der Waals surface area contributed by atoms with Crippen molar-refractivity contribution in [1.82, 2.24) is 5.32 Å². The average Bonchev–Trinajstić information content (AvgIpc) is 2.58. The Morgan fingerprint density at radius 1 is 1.17 bits per heavy atom. The maximum Gasteiger partial charge on any atom is 0.226 e. The van der Waals surface area contributed by atoms with Crippen LogP contribution in [0.3, 0.4) is 0 Å². The molecule has 5 rings (SSSR count). The quantitative estimate of drug-likeness (QED) is 0.776. The first kappa shape index (κ1) is 16.5. The molecule has 4 bridgehead atoms. The van der Waals surface area contributed by atoms with Crippen LogP contribution in [0.4, 0.5) is 0 Å². The molecule has 3 heteroatoms. The van der Waals surface area contributed by atoms with Crippen LogP contribution < -0.4 is 5.32 Å². The van der Waals surface area contributed by atoms with E-state index in [-0.39, 0.29) is 10.8 Å². The van der Waals surface area contributed by atoms with Gasteiger partial charge >= 0.3 is 0 Å². The Hall–Kier alpha value is -0.960. The van der Waals surface area contributed by atoms with Gasteiger partial charge in [0.2, 0.25) is 5.91 Å². The lowest BCUT2D eigenvalue weighted by atomic mass is 9.42. The van der Waals surface area contributed by atoms with Crippen LogP contribution in [0.1, 0.15) is 51.0 Å². The molecule has 0 spiro atoms. The fourth-order valence-electron chi connectivity index (χ4n) is 6.23. The predicted molar refractivity (Wildman–Crippen MR) is 101 cm³/mol. The average molecular weight is 344 g/mol. The SMILES string of the molecule is CCSCCNC(=O)C12CC3CC(C1)CC(c1ccccc1)(C3)C2. The van der Waals surface area contributed by atoms with Gasteiger partial charge < -0.3 is 5.32 Å². The van der Waals surface area contributed by atoms with Crippen LogP contribution in [0.25, 0.3) is 0 Å². The van der Waals surface area contributed by atoms with Crippen LogP contribution in [-0.2, 0) is 10.2 Å². The highest BCUT2D eigenvalue weighted by Gasteiger charge is 2.60. The van der Waals surface area contributed by atoms with E-state index in [4.69, 9.17) is 0 Å². The minimum atomic E-state index is -0.0865. The van der Waals surface area contributed by atoms with Crippen molar-refractivity contribution in [2.24, 2.45) is 17.3 Å². The van der Waals surface area contributed by atoms with Crippen molar-refractivity contribution in [1.29, 1.82) is 0 Å². The summed E-state index contributed by atoms with van der Waals surface area (Å²) in [5, 5.41) is 3.28. The maximum atomic E-state index is 13.1. The van der Waals surface area contributed by atoms with Crippen molar-refractivity contribution in [3.05, 3.63) is 35.9 Å². The lowest BCUT2D eigenvalue weighted by Gasteiger charge is -2.61. The summed E-state index contributed by atoms with van der Waals surface area (Å²) < 4.78 is 0. The number of benzene rings is 1. The summed E-state index contributed by atoms with van der Waals surface area (Å²) in [6.07, 6.45) is 7.29. The van der Waals surface area contributed by atoms with Crippen molar-refractivity contribution in [3.63, 3.8) is 0 Å². The molecule has 0 aromatic heterocycles. The maximum absolute atomic E-state index is 13.1. The molecule has 2 unspecified atom stereocenters. The normalized spacial score (nSPS) is 36.7. The fourth-order valence-corrected chi connectivity index (χ4v) is 6.76. The second-order valence-corrected chi connectivity index (χ2v) is 9.73. The molecule has 0 heterocycles. The smallest absolute Gasteiger partial charge is 0.226 e. The first-order valence-corrected chi connectivity index (χ1v) is 10.7. The minimum Gasteiger partial charge on any atom is -0.355 e. The van der Waals surface area contributed by atoms with Gasteiger partial charge in [0.05, 0.1) is 5.41 Å². The van der Waals surface area contributed by atoms with E-state index in [9.17, 15) is 4.79 Å². The Morgan fingerprint density at radius 2 is 1.88 bits per heavy atom. The molecule has 0 aliphatic heterocycles. The van der Waals surface area contributed by atoms with Crippen molar-refractivity contribution in [2.45, 2.75) is 50.9 Å². The zero-order valence-corrected chi connectivity index (χ0v) is 15.5. The Kier molecular flexibility index (Phi) is 4.40. The number of hydrogen-bond donors (Lipinski definition) is 1. The first-order chi connectivity index (χ1) is 11.7. The number of hydrogen-bond acceptors (Lipinski definition) is 2. The van der Waals surface area contributed by atoms with E-state index >= 15 is 0 Å². The molecule has 1 aromatic rings. The van der Waals surface area contributed by atoms with Crippen LogP contribution in [0.2, 0.25) is 0 Å². The van der Waals surface area contributed by atoms with Gasteiger partial charge in [0, 0.05) is 12.3 Å². The Morgan fingerprint density at radius 3 is 2.54 bits per heavy atom. The summed E-state index contributed by atoms with van der Waals surface area (Å²) in [6.45, 7) is 3.00. The first-order valence-electron chi connectivity index (χ1n) is 9.57. The summed E-state index contributed by atoms with van der Waals surface area (Å²) in [5.41, 5.74) is 1.66. The molecular formula is C21H29NOS. The molecule has 4 fully saturated rings. The van der Waals surface area contributed by atoms with Crippen molar-refractivity contribution < 1.29 is 4.79 Å². The molecule has 4 aliphatic rings. The van der Waals surface area contributed by atoms with Gasteiger partial charge in [-0.1, -0.05) is 37.3 Å². The van der Waals surface area contributed by atoms with Gasteiger partial charge in [-0.2, -0.15) is 11.8 Å². The van der Waals surface area contributed by atoms with E-state index in [1.54, 1.807) is 0 Å². The predicted octanol–water partition coefficient (Wildman–Crippen LogP) is 4.39. The highest BCUT2D eigenvalue weighted by atomic mass is 32.2. The molecule has 4 saturated carbocycles. The van der Waals surface area contributed by atoms with Gasteiger partial charge in [-0.25, -0.2) is 0 Å². The zero-order chi connectivity index (χ0) is 16.6. The second kappa shape index (κ2) is 6.40. The molecule has 2 nitrogen and oxygen atoms in total. The highest BCUT2D eigenvalue weighted by molar-refractivity contribution is 7.99. The minimum absolute atomic E-state index is 0.0865. The largest absolute Gasteiger partial charge is 0.355 e. The number of rotatable bonds is 6. The summed E-state index contributed by atoms with van der Waals surface area (Å²) in [7, 11) is 0. The molecule has 24 heavy (non-hydrogen) atoms. The van der Waals surface area contributed by atoms with Gasteiger partial charge in [-0.05, 0) is 67.1 Å². The van der Waals surface area contributed by atoms with Crippen LogP contribution in [-0.4, -0.2) is 24.0 Å². The summed E-state index contributed by atoms with van der Waals surface area (Å²) in [4.78, 5) is 13.1. The van der Waals surface area contributed by atoms with Crippen molar-refractivity contribution in [3.8, 4) is 0 Å². The van der Waals surface area contributed by atoms with Gasteiger partial charge in [0.25, 0.3) is 0 Å². The number of carbonyl (C=O) groups excluding carboxylic acids is 1. The van der Waals surface area contributed by atoms with Crippen molar-refractivity contribution in [2.75, 3.05) is 18.1 Å². The third-order valence-electron chi connectivity index (χ3n) is 6.67. The lowest BCUT2D eigenvalue weighted by Crippen LogP contribution is -2.59. The summed E-state index contributed by atoms with van der Waals surface area (Å²) >= 11 is 1.91. The Balaban J connectivity index is 1.56. The highest BCUT2D eigenvalue weighted by Crippen LogP contribution is 2.65. The monoisotopic (exact) mass is 343 g/mol. The van der Waals surface area contributed by atoms with E-state index in [1.165, 1.54) is 24.8 Å². The third-order valence-corrected chi connectivity index (χ3v) is 7.57. The molecule has 1 amide bonds. The van der Waals surface area contributed by atoms with Crippen LogP contribution in [0, 0.1) is 17.3 Å². The third kappa shape index (κ3) is 2.79. The molecule has 1 aromatic carbocycles. The van der Waals surface area contributed by atoms with Crippen LogP contribution in [0.5, 0.6) is 0 Å². The summed E-state index contributed by atoms with van der Waals surface area (Å²) in [6, 6.07) is 11.1. The second-order valence-electron chi connectivity index (χ2n) is 8.34. The number of nitrogens with one attached hydrogen (secondary N) is 1. The van der Waals surface area contributed by atoms with E-state index in [0.717, 1.165) is 49.1 Å². The fraction of sp³-hybridized carbons (Fsp3) is 0.667. The zero-order valence-electron chi connectivity index (χ0n) is 14.7. The molecule has 1 N–H and O–H groups in total. The van der Waals surface area contributed by atoms with Crippen LogP contribution in [0.15, 0.2) is 30.3 Å². The van der Waals surface area contributed by atoms with Crippen molar-refractivity contribution >= 4 is 17.7 Å².